The molecule has 1 amide bonds. The van der Waals surface area contributed by atoms with Crippen molar-refractivity contribution in [2.75, 3.05) is 12.0 Å². The van der Waals surface area contributed by atoms with Gasteiger partial charge < -0.3 is 14.4 Å². The Morgan fingerprint density at radius 3 is 2.30 bits per heavy atom. The Morgan fingerprint density at radius 2 is 1.85 bits per heavy atom. The molecule has 0 bridgehead atoms. The Labute approximate surface area is 118 Å². The number of ether oxygens (including phenoxy) is 2. The second-order valence-electron chi connectivity index (χ2n) is 5.17. The van der Waals surface area contributed by atoms with Gasteiger partial charge in [0, 0.05) is 12.6 Å². The summed E-state index contributed by atoms with van der Waals surface area (Å²) >= 11 is 0. The lowest BCUT2D eigenvalue weighted by atomic mass is 9.87. The van der Waals surface area contributed by atoms with Crippen LogP contribution in [-0.2, 0) is 14.3 Å². The maximum atomic E-state index is 12.2. The number of carbonyl (C=O) groups excluding carboxylic acids is 2. The van der Waals surface area contributed by atoms with Crippen LogP contribution in [0.15, 0.2) is 24.3 Å². The predicted molar refractivity (Wildman–Crippen MR) is 74.7 cm³/mol. The zero-order valence-corrected chi connectivity index (χ0v) is 12.1. The number of carbonyl (C=O) groups is 2. The summed E-state index contributed by atoms with van der Waals surface area (Å²) in [6.45, 7) is 5.33. The fraction of sp³-hybridized carbons (Fsp3) is 0.467. The predicted octanol–water partition coefficient (Wildman–Crippen LogP) is 2.00. The first-order valence-electron chi connectivity index (χ1n) is 6.60. The number of methoxy groups -OCH3 is 1. The van der Waals surface area contributed by atoms with Crippen LogP contribution in [-0.4, -0.2) is 31.1 Å². The second kappa shape index (κ2) is 5.53. The quantitative estimate of drug-likeness (QED) is 0.624. The van der Waals surface area contributed by atoms with Gasteiger partial charge in [-0.3, -0.25) is 9.59 Å². The van der Waals surface area contributed by atoms with Gasteiger partial charge in [0.05, 0.1) is 13.2 Å². The fourth-order valence-electron chi connectivity index (χ4n) is 2.47. The van der Waals surface area contributed by atoms with Crippen molar-refractivity contribution in [1.29, 1.82) is 0 Å². The summed E-state index contributed by atoms with van der Waals surface area (Å²) in [7, 11) is 1.59. The number of nitrogens with zero attached hydrogens (tertiary/aromatic N) is 1. The molecular formula is C15H19NO4. The number of benzene rings is 1. The van der Waals surface area contributed by atoms with Crippen molar-refractivity contribution in [1.82, 2.24) is 0 Å². The van der Waals surface area contributed by atoms with Gasteiger partial charge in [-0.15, -0.1) is 0 Å². The lowest BCUT2D eigenvalue weighted by Crippen LogP contribution is -2.68. The van der Waals surface area contributed by atoms with Gasteiger partial charge in [-0.25, -0.2) is 0 Å². The van der Waals surface area contributed by atoms with E-state index in [1.807, 2.05) is 26.0 Å². The van der Waals surface area contributed by atoms with Crippen LogP contribution in [0.5, 0.6) is 5.75 Å². The van der Waals surface area contributed by atoms with Gasteiger partial charge in [0.1, 0.15) is 5.75 Å². The van der Waals surface area contributed by atoms with E-state index >= 15 is 0 Å². The first-order valence-corrected chi connectivity index (χ1v) is 6.60. The van der Waals surface area contributed by atoms with Crippen LogP contribution in [0.2, 0.25) is 0 Å². The SMILES string of the molecule is COc1ccc(N2C(=O)C(OC(C)=O)C2C(C)C)cc1. The number of amides is 1. The van der Waals surface area contributed by atoms with Gasteiger partial charge in [-0.2, -0.15) is 0 Å². The average Bonchev–Trinajstić information content (AvgIpc) is 2.41. The highest BCUT2D eigenvalue weighted by Crippen LogP contribution is 2.35. The molecule has 1 aliphatic heterocycles. The average molecular weight is 277 g/mol. The van der Waals surface area contributed by atoms with E-state index < -0.39 is 12.1 Å². The van der Waals surface area contributed by atoms with E-state index in [9.17, 15) is 9.59 Å². The van der Waals surface area contributed by atoms with Crippen molar-refractivity contribution < 1.29 is 19.1 Å². The largest absolute Gasteiger partial charge is 0.497 e. The van der Waals surface area contributed by atoms with Crippen LogP contribution >= 0.6 is 0 Å². The number of esters is 1. The summed E-state index contributed by atoms with van der Waals surface area (Å²) < 4.78 is 10.2. The van der Waals surface area contributed by atoms with Crippen molar-refractivity contribution >= 4 is 17.6 Å². The lowest BCUT2D eigenvalue weighted by molar-refractivity contribution is -0.161. The molecule has 0 saturated carbocycles. The molecule has 1 heterocycles. The van der Waals surface area contributed by atoms with E-state index in [0.717, 1.165) is 11.4 Å². The Morgan fingerprint density at radius 1 is 1.25 bits per heavy atom. The standard InChI is InChI=1S/C15H19NO4/c1-9(2)13-14(20-10(3)17)15(18)16(13)11-5-7-12(19-4)8-6-11/h5-9,13-14H,1-4H3. The zero-order chi connectivity index (χ0) is 14.9. The van der Waals surface area contributed by atoms with E-state index in [-0.39, 0.29) is 17.9 Å². The van der Waals surface area contributed by atoms with E-state index in [2.05, 4.69) is 0 Å². The van der Waals surface area contributed by atoms with E-state index in [4.69, 9.17) is 9.47 Å². The third-order valence-electron chi connectivity index (χ3n) is 3.42. The zero-order valence-electron chi connectivity index (χ0n) is 12.1. The normalized spacial score (nSPS) is 21.6. The molecule has 5 heteroatoms. The molecule has 0 aromatic heterocycles. The van der Waals surface area contributed by atoms with Crippen LogP contribution in [0.25, 0.3) is 0 Å². The van der Waals surface area contributed by atoms with E-state index in [0.29, 0.717) is 0 Å². The molecule has 2 atom stereocenters. The molecular weight excluding hydrogens is 258 g/mol. The Hall–Kier alpha value is -2.04. The second-order valence-corrected chi connectivity index (χ2v) is 5.17. The van der Waals surface area contributed by atoms with Gasteiger partial charge >= 0.3 is 5.97 Å². The minimum Gasteiger partial charge on any atom is -0.497 e. The first-order chi connectivity index (χ1) is 9.45. The summed E-state index contributed by atoms with van der Waals surface area (Å²) in [5.74, 6) is 0.325. The molecule has 1 aromatic carbocycles. The van der Waals surface area contributed by atoms with Crippen LogP contribution in [0.4, 0.5) is 5.69 Å². The minimum atomic E-state index is -0.672. The Kier molecular flexibility index (Phi) is 3.97. The molecule has 0 aliphatic carbocycles. The highest BCUT2D eigenvalue weighted by Gasteiger charge is 2.51. The van der Waals surface area contributed by atoms with Crippen molar-refractivity contribution in [3.05, 3.63) is 24.3 Å². The van der Waals surface area contributed by atoms with E-state index in [1.54, 1.807) is 24.1 Å². The van der Waals surface area contributed by atoms with Crippen molar-refractivity contribution in [3.63, 3.8) is 0 Å². The van der Waals surface area contributed by atoms with E-state index in [1.165, 1.54) is 6.92 Å². The molecule has 20 heavy (non-hydrogen) atoms. The molecule has 2 rings (SSSR count). The molecule has 1 aromatic rings. The van der Waals surface area contributed by atoms with Gasteiger partial charge in [-0.1, -0.05) is 13.8 Å². The van der Waals surface area contributed by atoms with Crippen LogP contribution in [0.3, 0.4) is 0 Å². The molecule has 0 N–H and O–H groups in total. The molecule has 1 aliphatic rings. The van der Waals surface area contributed by atoms with Gasteiger partial charge in [0.25, 0.3) is 5.91 Å². The summed E-state index contributed by atoms with van der Waals surface area (Å²) in [6, 6.07) is 7.14. The number of rotatable bonds is 4. The van der Waals surface area contributed by atoms with Crippen molar-refractivity contribution in [2.24, 2.45) is 5.92 Å². The summed E-state index contributed by atoms with van der Waals surface area (Å²) in [5, 5.41) is 0. The summed E-state index contributed by atoms with van der Waals surface area (Å²) in [5.41, 5.74) is 0.790. The molecule has 0 spiro atoms. The monoisotopic (exact) mass is 277 g/mol. The topological polar surface area (TPSA) is 55.8 Å². The molecule has 2 unspecified atom stereocenters. The Balaban J connectivity index is 2.22. The third-order valence-corrected chi connectivity index (χ3v) is 3.42. The highest BCUT2D eigenvalue weighted by molar-refractivity contribution is 6.05. The van der Waals surface area contributed by atoms with Gasteiger partial charge in [0.15, 0.2) is 0 Å². The van der Waals surface area contributed by atoms with Gasteiger partial charge in [0.2, 0.25) is 6.10 Å². The van der Waals surface area contributed by atoms with Gasteiger partial charge in [-0.05, 0) is 30.2 Å². The molecule has 1 saturated heterocycles. The van der Waals surface area contributed by atoms with Crippen molar-refractivity contribution in [2.45, 2.75) is 32.9 Å². The first kappa shape index (κ1) is 14.4. The third kappa shape index (κ3) is 2.48. The van der Waals surface area contributed by atoms with Crippen molar-refractivity contribution in [3.8, 4) is 5.75 Å². The maximum absolute atomic E-state index is 12.2. The van der Waals surface area contributed by atoms with Crippen LogP contribution in [0.1, 0.15) is 20.8 Å². The lowest BCUT2D eigenvalue weighted by Gasteiger charge is -2.48. The Bertz CT molecular complexity index is 509. The summed E-state index contributed by atoms with van der Waals surface area (Å²) in [4.78, 5) is 24.9. The molecule has 0 radical (unpaired) electrons. The fourth-order valence-corrected chi connectivity index (χ4v) is 2.47. The number of hydrogen-bond donors (Lipinski definition) is 0. The maximum Gasteiger partial charge on any atom is 0.303 e. The minimum absolute atomic E-state index is 0.125. The van der Waals surface area contributed by atoms with Crippen LogP contribution < -0.4 is 9.64 Å². The molecule has 5 nitrogen and oxygen atoms in total. The number of anilines is 1. The summed E-state index contributed by atoms with van der Waals surface area (Å²) in [6.07, 6.45) is -0.672. The smallest absolute Gasteiger partial charge is 0.303 e. The number of hydrogen-bond acceptors (Lipinski definition) is 4. The van der Waals surface area contributed by atoms with Crippen LogP contribution in [0, 0.1) is 5.92 Å². The highest BCUT2D eigenvalue weighted by atomic mass is 16.6. The molecule has 108 valence electrons. The number of β-lactam (4-membered cyclic amide) rings is 1. The molecule has 1 fully saturated rings.